The Balaban J connectivity index is 2.61. The van der Waals surface area contributed by atoms with Gasteiger partial charge in [0.2, 0.25) is 0 Å². The van der Waals surface area contributed by atoms with Gasteiger partial charge < -0.3 is 15.4 Å². The standard InChI is InChI=1S/C13H19F3N2O/c1-18(6-5-13(14,15)16)9-10-3-4-11(8-17)12(7-10)19-2/h3-4,7H,5-6,8-9,17H2,1-2H3. The largest absolute Gasteiger partial charge is 0.496 e. The van der Waals surface area contributed by atoms with Gasteiger partial charge in [0, 0.05) is 25.2 Å². The molecular formula is C13H19F3N2O. The van der Waals surface area contributed by atoms with Crippen molar-refractivity contribution in [1.82, 2.24) is 4.90 Å². The lowest BCUT2D eigenvalue weighted by molar-refractivity contribution is -0.137. The highest BCUT2D eigenvalue weighted by atomic mass is 19.4. The van der Waals surface area contributed by atoms with E-state index in [-0.39, 0.29) is 6.54 Å². The van der Waals surface area contributed by atoms with Crippen LogP contribution in [0.15, 0.2) is 18.2 Å². The van der Waals surface area contributed by atoms with Crippen molar-refractivity contribution < 1.29 is 17.9 Å². The van der Waals surface area contributed by atoms with Gasteiger partial charge in [-0.2, -0.15) is 13.2 Å². The van der Waals surface area contributed by atoms with Crippen LogP contribution in [-0.4, -0.2) is 31.8 Å². The smallest absolute Gasteiger partial charge is 0.390 e. The molecule has 0 aliphatic heterocycles. The number of hydrogen-bond acceptors (Lipinski definition) is 3. The van der Waals surface area contributed by atoms with Crippen LogP contribution in [0.3, 0.4) is 0 Å². The highest BCUT2D eigenvalue weighted by molar-refractivity contribution is 5.37. The van der Waals surface area contributed by atoms with E-state index in [9.17, 15) is 13.2 Å². The summed E-state index contributed by atoms with van der Waals surface area (Å²) >= 11 is 0. The molecule has 0 spiro atoms. The first kappa shape index (κ1) is 15.8. The predicted molar refractivity (Wildman–Crippen MR) is 67.9 cm³/mol. The van der Waals surface area contributed by atoms with Gasteiger partial charge in [-0.3, -0.25) is 0 Å². The summed E-state index contributed by atoms with van der Waals surface area (Å²) in [5.74, 6) is 0.671. The summed E-state index contributed by atoms with van der Waals surface area (Å²) in [5, 5.41) is 0. The Hall–Kier alpha value is -1.27. The van der Waals surface area contributed by atoms with Gasteiger partial charge in [0.1, 0.15) is 5.75 Å². The molecule has 19 heavy (non-hydrogen) atoms. The number of rotatable bonds is 6. The molecule has 0 aliphatic rings. The van der Waals surface area contributed by atoms with Gasteiger partial charge >= 0.3 is 6.18 Å². The number of hydrogen-bond donors (Lipinski definition) is 1. The predicted octanol–water partition coefficient (Wildman–Crippen LogP) is 2.54. The molecule has 6 heteroatoms. The summed E-state index contributed by atoms with van der Waals surface area (Å²) in [4.78, 5) is 1.63. The van der Waals surface area contributed by atoms with Crippen LogP contribution in [-0.2, 0) is 13.1 Å². The molecule has 1 aromatic carbocycles. The zero-order chi connectivity index (χ0) is 14.5. The van der Waals surface area contributed by atoms with Gasteiger partial charge in [-0.15, -0.1) is 0 Å². The van der Waals surface area contributed by atoms with Crippen molar-refractivity contribution >= 4 is 0 Å². The molecule has 0 fully saturated rings. The van der Waals surface area contributed by atoms with Crippen LogP contribution in [0.1, 0.15) is 17.5 Å². The number of alkyl halides is 3. The van der Waals surface area contributed by atoms with Crippen molar-refractivity contribution in [3.63, 3.8) is 0 Å². The van der Waals surface area contributed by atoms with Gasteiger partial charge in [-0.05, 0) is 18.7 Å². The average molecular weight is 276 g/mol. The molecule has 0 unspecified atom stereocenters. The second-order valence-electron chi connectivity index (χ2n) is 4.45. The zero-order valence-corrected chi connectivity index (χ0v) is 11.1. The fourth-order valence-electron chi connectivity index (χ4n) is 1.76. The van der Waals surface area contributed by atoms with E-state index in [2.05, 4.69) is 0 Å². The number of nitrogens with two attached hydrogens (primary N) is 1. The van der Waals surface area contributed by atoms with Gasteiger partial charge in [0.05, 0.1) is 13.5 Å². The number of halogens is 3. The Morgan fingerprint density at radius 3 is 2.53 bits per heavy atom. The molecule has 108 valence electrons. The van der Waals surface area contributed by atoms with Gasteiger partial charge in [-0.1, -0.05) is 12.1 Å². The van der Waals surface area contributed by atoms with Crippen LogP contribution in [0, 0.1) is 0 Å². The molecule has 0 aliphatic carbocycles. The monoisotopic (exact) mass is 276 g/mol. The quantitative estimate of drug-likeness (QED) is 0.867. The summed E-state index contributed by atoms with van der Waals surface area (Å²) in [7, 11) is 3.21. The summed E-state index contributed by atoms with van der Waals surface area (Å²) in [6.07, 6.45) is -4.92. The Kier molecular flexibility index (Phi) is 5.62. The van der Waals surface area contributed by atoms with E-state index in [1.807, 2.05) is 18.2 Å². The minimum absolute atomic E-state index is 0.0234. The highest BCUT2D eigenvalue weighted by Gasteiger charge is 2.27. The molecule has 0 amide bonds. The molecule has 2 N–H and O–H groups in total. The molecular weight excluding hydrogens is 257 g/mol. The first-order valence-corrected chi connectivity index (χ1v) is 5.97. The lowest BCUT2D eigenvalue weighted by Gasteiger charge is -2.18. The van der Waals surface area contributed by atoms with E-state index in [1.165, 1.54) is 0 Å². The van der Waals surface area contributed by atoms with Crippen molar-refractivity contribution in [1.29, 1.82) is 0 Å². The molecule has 0 saturated carbocycles. The maximum Gasteiger partial charge on any atom is 0.390 e. The summed E-state index contributed by atoms with van der Waals surface area (Å²) in [6.45, 7) is 0.787. The van der Waals surface area contributed by atoms with E-state index >= 15 is 0 Å². The Labute approximate surface area is 111 Å². The van der Waals surface area contributed by atoms with Crippen LogP contribution >= 0.6 is 0 Å². The normalized spacial score (nSPS) is 11.9. The zero-order valence-electron chi connectivity index (χ0n) is 11.1. The van der Waals surface area contributed by atoms with Crippen molar-refractivity contribution in [2.24, 2.45) is 5.73 Å². The van der Waals surface area contributed by atoms with E-state index in [1.54, 1.807) is 19.1 Å². The van der Waals surface area contributed by atoms with Crippen molar-refractivity contribution in [2.75, 3.05) is 20.7 Å². The lowest BCUT2D eigenvalue weighted by Crippen LogP contribution is -2.24. The first-order chi connectivity index (χ1) is 8.85. The van der Waals surface area contributed by atoms with Crippen LogP contribution in [0.4, 0.5) is 13.2 Å². The molecule has 0 heterocycles. The highest BCUT2D eigenvalue weighted by Crippen LogP contribution is 2.22. The van der Waals surface area contributed by atoms with E-state index < -0.39 is 12.6 Å². The Morgan fingerprint density at radius 1 is 1.32 bits per heavy atom. The van der Waals surface area contributed by atoms with Crippen molar-refractivity contribution in [3.05, 3.63) is 29.3 Å². The van der Waals surface area contributed by atoms with Gasteiger partial charge in [0.15, 0.2) is 0 Å². The van der Waals surface area contributed by atoms with Gasteiger partial charge in [-0.25, -0.2) is 0 Å². The summed E-state index contributed by atoms with van der Waals surface area (Å²) in [5.41, 5.74) is 7.34. The van der Waals surface area contributed by atoms with Crippen LogP contribution in [0.25, 0.3) is 0 Å². The average Bonchev–Trinajstić information content (AvgIpc) is 2.35. The Morgan fingerprint density at radius 2 is 2.00 bits per heavy atom. The molecule has 0 radical (unpaired) electrons. The number of nitrogens with zero attached hydrogens (tertiary/aromatic N) is 1. The summed E-state index contributed by atoms with van der Waals surface area (Å²) in [6, 6.07) is 5.51. The molecule has 0 atom stereocenters. The third-order valence-corrected chi connectivity index (χ3v) is 2.80. The lowest BCUT2D eigenvalue weighted by atomic mass is 10.1. The third kappa shape index (κ3) is 5.48. The van der Waals surface area contributed by atoms with Crippen LogP contribution in [0.5, 0.6) is 5.75 Å². The minimum atomic E-state index is -4.12. The van der Waals surface area contributed by atoms with E-state index in [0.717, 1.165) is 11.1 Å². The second-order valence-corrected chi connectivity index (χ2v) is 4.45. The second kappa shape index (κ2) is 6.77. The van der Waals surface area contributed by atoms with Crippen molar-refractivity contribution in [2.45, 2.75) is 25.7 Å². The molecule has 0 aromatic heterocycles. The first-order valence-electron chi connectivity index (χ1n) is 5.97. The number of ether oxygens (including phenoxy) is 1. The third-order valence-electron chi connectivity index (χ3n) is 2.80. The minimum Gasteiger partial charge on any atom is -0.496 e. The maximum absolute atomic E-state index is 12.1. The Bertz CT molecular complexity index is 407. The van der Waals surface area contributed by atoms with Gasteiger partial charge in [0.25, 0.3) is 0 Å². The SMILES string of the molecule is COc1cc(CN(C)CCC(F)(F)F)ccc1CN. The number of benzene rings is 1. The fraction of sp³-hybridized carbons (Fsp3) is 0.538. The van der Waals surface area contributed by atoms with E-state index in [4.69, 9.17) is 10.5 Å². The molecule has 0 saturated heterocycles. The fourth-order valence-corrected chi connectivity index (χ4v) is 1.76. The van der Waals surface area contributed by atoms with Crippen LogP contribution < -0.4 is 10.5 Å². The van der Waals surface area contributed by atoms with Crippen LogP contribution in [0.2, 0.25) is 0 Å². The van der Waals surface area contributed by atoms with Crippen molar-refractivity contribution in [3.8, 4) is 5.75 Å². The molecule has 1 aromatic rings. The van der Waals surface area contributed by atoms with E-state index in [0.29, 0.717) is 18.8 Å². The molecule has 3 nitrogen and oxygen atoms in total. The molecule has 1 rings (SSSR count). The summed E-state index contributed by atoms with van der Waals surface area (Å²) < 4.78 is 41.5. The number of methoxy groups -OCH3 is 1. The molecule has 0 bridgehead atoms. The topological polar surface area (TPSA) is 38.5 Å². The maximum atomic E-state index is 12.1.